The zero-order valence-electron chi connectivity index (χ0n) is 14.8. The molecule has 0 bridgehead atoms. The van der Waals surface area contributed by atoms with Crippen molar-refractivity contribution >= 4 is 37.5 Å². The Bertz CT molecular complexity index is 1210. The largest absolute Gasteiger partial charge is 0.493 e. The monoisotopic (exact) mass is 376 g/mol. The summed E-state index contributed by atoms with van der Waals surface area (Å²) in [5.74, 6) is 0.765. The fraction of sp³-hybridized carbons (Fsp3) is 0.136. The van der Waals surface area contributed by atoms with E-state index >= 15 is 0 Å². The maximum Gasteiger partial charge on any atom is 0.339 e. The summed E-state index contributed by atoms with van der Waals surface area (Å²) >= 11 is 1.77. The minimum Gasteiger partial charge on any atom is -0.493 e. The second kappa shape index (κ2) is 5.99. The molecule has 1 aromatic heterocycles. The van der Waals surface area contributed by atoms with E-state index in [0.717, 1.165) is 11.1 Å². The first-order valence-electron chi connectivity index (χ1n) is 8.57. The van der Waals surface area contributed by atoms with Crippen LogP contribution in [0.3, 0.4) is 0 Å². The first kappa shape index (κ1) is 16.1. The number of methoxy groups -OCH3 is 2. The Morgan fingerprint density at radius 3 is 2.44 bits per heavy atom. The summed E-state index contributed by atoms with van der Waals surface area (Å²) in [7, 11) is 3.14. The maximum absolute atomic E-state index is 12.4. The van der Waals surface area contributed by atoms with Crippen LogP contribution >= 0.6 is 11.3 Å². The van der Waals surface area contributed by atoms with Crippen LogP contribution in [0.15, 0.2) is 54.6 Å². The Balaban J connectivity index is 1.68. The normalized spacial score (nSPS) is 15.8. The summed E-state index contributed by atoms with van der Waals surface area (Å²) in [5, 5.41) is 2.40. The molecular weight excluding hydrogens is 360 g/mol. The lowest BCUT2D eigenvalue weighted by molar-refractivity contribution is 0.0456. The Kier molecular flexibility index (Phi) is 3.58. The maximum atomic E-state index is 12.4. The van der Waals surface area contributed by atoms with Gasteiger partial charge >= 0.3 is 5.97 Å². The quantitative estimate of drug-likeness (QED) is 0.453. The molecular formula is C22H16O4S. The molecule has 4 aromatic rings. The van der Waals surface area contributed by atoms with E-state index in [0.29, 0.717) is 17.1 Å². The van der Waals surface area contributed by atoms with Crippen LogP contribution in [0.25, 0.3) is 20.2 Å². The van der Waals surface area contributed by atoms with Crippen molar-refractivity contribution < 1.29 is 19.0 Å². The molecule has 5 rings (SSSR count). The molecule has 0 N–H and O–H groups in total. The van der Waals surface area contributed by atoms with E-state index in [-0.39, 0.29) is 5.97 Å². The van der Waals surface area contributed by atoms with Crippen LogP contribution in [0.1, 0.15) is 27.6 Å². The predicted octanol–water partition coefficient (Wildman–Crippen LogP) is 5.33. The molecule has 27 heavy (non-hydrogen) atoms. The van der Waals surface area contributed by atoms with E-state index < -0.39 is 6.10 Å². The van der Waals surface area contributed by atoms with Gasteiger partial charge in [0.15, 0.2) is 17.6 Å². The second-order valence-electron chi connectivity index (χ2n) is 6.43. The van der Waals surface area contributed by atoms with Crippen molar-refractivity contribution in [2.45, 2.75) is 6.10 Å². The van der Waals surface area contributed by atoms with Gasteiger partial charge in [0, 0.05) is 25.7 Å². The van der Waals surface area contributed by atoms with Gasteiger partial charge < -0.3 is 14.2 Å². The number of rotatable bonds is 3. The van der Waals surface area contributed by atoms with Gasteiger partial charge in [-0.1, -0.05) is 24.3 Å². The highest BCUT2D eigenvalue weighted by Crippen LogP contribution is 2.43. The van der Waals surface area contributed by atoms with E-state index in [2.05, 4.69) is 24.3 Å². The molecule has 134 valence electrons. The van der Waals surface area contributed by atoms with Crippen LogP contribution < -0.4 is 9.47 Å². The summed E-state index contributed by atoms with van der Waals surface area (Å²) < 4.78 is 18.9. The number of thiophene rings is 1. The van der Waals surface area contributed by atoms with Crippen molar-refractivity contribution in [3.8, 4) is 11.5 Å². The van der Waals surface area contributed by atoms with E-state index in [1.807, 2.05) is 24.3 Å². The zero-order valence-corrected chi connectivity index (χ0v) is 15.6. The smallest absolute Gasteiger partial charge is 0.339 e. The Hall–Kier alpha value is -3.05. The highest BCUT2D eigenvalue weighted by molar-refractivity contribution is 7.25. The van der Waals surface area contributed by atoms with Gasteiger partial charge in [-0.2, -0.15) is 0 Å². The molecule has 1 aliphatic rings. The third kappa shape index (κ3) is 2.39. The van der Waals surface area contributed by atoms with Gasteiger partial charge in [-0.25, -0.2) is 4.79 Å². The highest BCUT2D eigenvalue weighted by Gasteiger charge is 2.34. The lowest BCUT2D eigenvalue weighted by Gasteiger charge is -2.13. The topological polar surface area (TPSA) is 44.8 Å². The molecule has 4 nitrogen and oxygen atoms in total. The van der Waals surface area contributed by atoms with Crippen molar-refractivity contribution in [1.82, 2.24) is 0 Å². The lowest BCUT2D eigenvalue weighted by Crippen LogP contribution is -2.00. The number of cyclic esters (lactones) is 1. The number of carbonyl (C=O) groups excluding carboxylic acids is 1. The van der Waals surface area contributed by atoms with Crippen LogP contribution in [0.4, 0.5) is 0 Å². The van der Waals surface area contributed by atoms with Gasteiger partial charge in [-0.3, -0.25) is 0 Å². The van der Waals surface area contributed by atoms with Crippen LogP contribution in [0.2, 0.25) is 0 Å². The van der Waals surface area contributed by atoms with Crippen molar-refractivity contribution in [2.24, 2.45) is 0 Å². The number of ether oxygens (including phenoxy) is 3. The third-order valence-electron chi connectivity index (χ3n) is 4.99. The molecule has 1 atom stereocenters. The molecule has 3 aromatic carbocycles. The first-order chi connectivity index (χ1) is 13.2. The number of benzene rings is 3. The molecule has 0 saturated carbocycles. The van der Waals surface area contributed by atoms with Gasteiger partial charge in [0.25, 0.3) is 0 Å². The highest BCUT2D eigenvalue weighted by atomic mass is 32.1. The SMILES string of the molecule is COc1cc2c(cc1OC)C(c1ccc3sc4ccccc4c3c1)OC2=O. The average molecular weight is 376 g/mol. The molecule has 0 radical (unpaired) electrons. The van der Waals surface area contributed by atoms with Crippen LogP contribution in [0.5, 0.6) is 11.5 Å². The standard InChI is InChI=1S/C22H16O4S/c1-24-17-10-15-16(11-18(17)25-2)22(23)26-21(15)12-7-8-20-14(9-12)13-5-3-4-6-19(13)27-20/h3-11,21H,1-2H3. The fourth-order valence-corrected chi connectivity index (χ4v) is 4.76. The molecule has 0 amide bonds. The van der Waals surface area contributed by atoms with E-state index in [1.165, 1.54) is 20.2 Å². The summed E-state index contributed by atoms with van der Waals surface area (Å²) in [6, 6.07) is 18.1. The average Bonchev–Trinajstić information content (AvgIpc) is 3.23. The van der Waals surface area contributed by atoms with Crippen molar-refractivity contribution in [3.05, 3.63) is 71.3 Å². The van der Waals surface area contributed by atoms with Gasteiger partial charge in [-0.15, -0.1) is 11.3 Å². The molecule has 2 heterocycles. The number of fused-ring (bicyclic) bond motifs is 4. The zero-order chi connectivity index (χ0) is 18.5. The van der Waals surface area contributed by atoms with Crippen LogP contribution in [-0.4, -0.2) is 20.2 Å². The Morgan fingerprint density at radius 2 is 1.63 bits per heavy atom. The molecule has 0 aliphatic carbocycles. The van der Waals surface area contributed by atoms with Crippen molar-refractivity contribution in [2.75, 3.05) is 14.2 Å². The minimum absolute atomic E-state index is 0.341. The molecule has 5 heteroatoms. The van der Waals surface area contributed by atoms with Crippen molar-refractivity contribution in [1.29, 1.82) is 0 Å². The Morgan fingerprint density at radius 1 is 0.889 bits per heavy atom. The first-order valence-corrected chi connectivity index (χ1v) is 9.39. The number of carbonyl (C=O) groups is 1. The van der Waals surface area contributed by atoms with Crippen LogP contribution in [-0.2, 0) is 4.74 Å². The summed E-state index contributed by atoms with van der Waals surface area (Å²) in [4.78, 5) is 12.4. The van der Waals surface area contributed by atoms with Gasteiger partial charge in [0.05, 0.1) is 19.8 Å². The van der Waals surface area contributed by atoms with Crippen molar-refractivity contribution in [3.63, 3.8) is 0 Å². The van der Waals surface area contributed by atoms with Gasteiger partial charge in [0.1, 0.15) is 0 Å². The Labute approximate surface area is 159 Å². The summed E-state index contributed by atoms with van der Waals surface area (Å²) in [5.41, 5.74) is 2.27. The minimum atomic E-state index is -0.449. The van der Waals surface area contributed by atoms with E-state index in [1.54, 1.807) is 31.6 Å². The molecule has 1 unspecified atom stereocenters. The number of esters is 1. The molecule has 0 saturated heterocycles. The molecule has 0 fully saturated rings. The summed E-state index contributed by atoms with van der Waals surface area (Å²) in [6.07, 6.45) is -0.449. The van der Waals surface area contributed by atoms with Gasteiger partial charge in [0.2, 0.25) is 0 Å². The second-order valence-corrected chi connectivity index (χ2v) is 7.52. The number of hydrogen-bond donors (Lipinski definition) is 0. The molecule has 0 spiro atoms. The third-order valence-corrected chi connectivity index (χ3v) is 6.14. The van der Waals surface area contributed by atoms with Crippen LogP contribution in [0, 0.1) is 0 Å². The molecule has 1 aliphatic heterocycles. The van der Waals surface area contributed by atoms with E-state index in [9.17, 15) is 4.79 Å². The summed E-state index contributed by atoms with van der Waals surface area (Å²) in [6.45, 7) is 0. The van der Waals surface area contributed by atoms with E-state index in [4.69, 9.17) is 14.2 Å². The van der Waals surface area contributed by atoms with Gasteiger partial charge in [-0.05, 0) is 35.9 Å². The predicted molar refractivity (Wildman–Crippen MR) is 106 cm³/mol. The lowest BCUT2D eigenvalue weighted by atomic mass is 9.97. The fourth-order valence-electron chi connectivity index (χ4n) is 3.68. The number of hydrogen-bond acceptors (Lipinski definition) is 5.